The second-order valence-electron chi connectivity index (χ2n) is 5.26. The average molecular weight is 338 g/mol. The van der Waals surface area contributed by atoms with Crippen molar-refractivity contribution in [3.63, 3.8) is 0 Å². The van der Waals surface area contributed by atoms with Crippen molar-refractivity contribution in [2.45, 2.75) is 6.92 Å². The number of carbonyl (C=O) groups is 1. The standard InChI is InChI=1S/C17H17ClFNO3/c1-10-7-16(22)13(9-14(10)18)12-8-11(3-4-15(12)19)17(23)20(2)5-6-21/h3-4,7-9,21-22H,5-6H2,1-2H3. The number of hydrogen-bond acceptors (Lipinski definition) is 3. The van der Waals surface area contributed by atoms with E-state index >= 15 is 0 Å². The summed E-state index contributed by atoms with van der Waals surface area (Å²) in [6.45, 7) is 1.74. The number of amides is 1. The molecule has 0 saturated heterocycles. The van der Waals surface area contributed by atoms with Crippen molar-refractivity contribution in [3.05, 3.63) is 52.3 Å². The lowest BCUT2D eigenvalue weighted by Crippen LogP contribution is -2.29. The topological polar surface area (TPSA) is 60.8 Å². The summed E-state index contributed by atoms with van der Waals surface area (Å²) in [4.78, 5) is 13.6. The van der Waals surface area contributed by atoms with Gasteiger partial charge in [-0.05, 0) is 42.8 Å². The highest BCUT2D eigenvalue weighted by Gasteiger charge is 2.17. The normalized spacial score (nSPS) is 10.7. The SMILES string of the molecule is Cc1cc(O)c(-c2cc(C(=O)N(C)CCO)ccc2F)cc1Cl. The third-order valence-corrected chi connectivity index (χ3v) is 3.97. The van der Waals surface area contributed by atoms with Gasteiger partial charge in [0, 0.05) is 35.3 Å². The number of rotatable bonds is 4. The van der Waals surface area contributed by atoms with Crippen molar-refractivity contribution in [2.24, 2.45) is 0 Å². The first-order valence-electron chi connectivity index (χ1n) is 7.00. The number of phenols is 1. The zero-order valence-electron chi connectivity index (χ0n) is 12.8. The highest BCUT2D eigenvalue weighted by molar-refractivity contribution is 6.31. The first kappa shape index (κ1) is 17.2. The number of halogens is 2. The van der Waals surface area contributed by atoms with Crippen molar-refractivity contribution in [2.75, 3.05) is 20.2 Å². The molecule has 0 unspecified atom stereocenters. The molecule has 2 N–H and O–H groups in total. The first-order chi connectivity index (χ1) is 10.8. The van der Waals surface area contributed by atoms with Crippen LogP contribution in [0.3, 0.4) is 0 Å². The minimum Gasteiger partial charge on any atom is -0.507 e. The fourth-order valence-corrected chi connectivity index (χ4v) is 2.38. The number of aromatic hydroxyl groups is 1. The van der Waals surface area contributed by atoms with Gasteiger partial charge in [-0.3, -0.25) is 4.79 Å². The number of carbonyl (C=O) groups excluding carboxylic acids is 1. The Morgan fingerprint density at radius 1 is 1.26 bits per heavy atom. The Morgan fingerprint density at radius 3 is 2.61 bits per heavy atom. The lowest BCUT2D eigenvalue weighted by Gasteiger charge is -2.16. The average Bonchev–Trinajstić information content (AvgIpc) is 2.51. The molecule has 0 heterocycles. The van der Waals surface area contributed by atoms with Crippen molar-refractivity contribution < 1.29 is 19.4 Å². The molecule has 0 saturated carbocycles. The summed E-state index contributed by atoms with van der Waals surface area (Å²) < 4.78 is 14.2. The Labute approximate surface area is 138 Å². The number of aliphatic hydroxyl groups excluding tert-OH is 1. The Bertz CT molecular complexity index is 749. The minimum atomic E-state index is -0.568. The third-order valence-electron chi connectivity index (χ3n) is 3.56. The van der Waals surface area contributed by atoms with Gasteiger partial charge >= 0.3 is 0 Å². The molecule has 23 heavy (non-hydrogen) atoms. The van der Waals surface area contributed by atoms with E-state index in [1.54, 1.807) is 14.0 Å². The summed E-state index contributed by atoms with van der Waals surface area (Å²) in [5.41, 5.74) is 1.24. The maximum Gasteiger partial charge on any atom is 0.253 e. The predicted octanol–water partition coefficient (Wildman–Crippen LogP) is 3.22. The lowest BCUT2D eigenvalue weighted by atomic mass is 9.99. The molecular weight excluding hydrogens is 321 g/mol. The van der Waals surface area contributed by atoms with Crippen molar-refractivity contribution >= 4 is 17.5 Å². The van der Waals surface area contributed by atoms with Crippen LogP contribution in [0.5, 0.6) is 5.75 Å². The maximum absolute atomic E-state index is 14.2. The van der Waals surface area contributed by atoms with E-state index in [2.05, 4.69) is 0 Å². The molecule has 6 heteroatoms. The summed E-state index contributed by atoms with van der Waals surface area (Å²) in [6.07, 6.45) is 0. The van der Waals surface area contributed by atoms with Crippen LogP contribution in [0.25, 0.3) is 11.1 Å². The molecule has 0 aliphatic carbocycles. The van der Waals surface area contributed by atoms with E-state index in [1.165, 1.54) is 35.2 Å². The van der Waals surface area contributed by atoms with Crippen molar-refractivity contribution in [3.8, 4) is 16.9 Å². The van der Waals surface area contributed by atoms with Crippen LogP contribution in [0.15, 0.2) is 30.3 Å². The van der Waals surface area contributed by atoms with Crippen LogP contribution in [0.2, 0.25) is 5.02 Å². The Morgan fingerprint density at radius 2 is 1.96 bits per heavy atom. The summed E-state index contributed by atoms with van der Waals surface area (Å²) in [7, 11) is 1.54. The van der Waals surface area contributed by atoms with Crippen LogP contribution >= 0.6 is 11.6 Å². The number of likely N-dealkylation sites (N-methyl/N-ethyl adjacent to an activating group) is 1. The van der Waals surface area contributed by atoms with Crippen LogP contribution in [-0.4, -0.2) is 41.2 Å². The number of hydrogen-bond donors (Lipinski definition) is 2. The number of aryl methyl sites for hydroxylation is 1. The molecule has 2 rings (SSSR count). The molecule has 0 aromatic heterocycles. The monoisotopic (exact) mass is 337 g/mol. The van der Waals surface area contributed by atoms with Crippen molar-refractivity contribution in [1.29, 1.82) is 0 Å². The molecule has 1 amide bonds. The van der Waals surface area contributed by atoms with E-state index in [9.17, 15) is 14.3 Å². The molecule has 0 bridgehead atoms. The second kappa shape index (κ2) is 6.98. The van der Waals surface area contributed by atoms with E-state index < -0.39 is 5.82 Å². The molecule has 0 aliphatic rings. The van der Waals surface area contributed by atoms with Gasteiger partial charge < -0.3 is 15.1 Å². The van der Waals surface area contributed by atoms with Gasteiger partial charge in [0.2, 0.25) is 0 Å². The zero-order chi connectivity index (χ0) is 17.1. The van der Waals surface area contributed by atoms with Gasteiger partial charge in [0.15, 0.2) is 0 Å². The van der Waals surface area contributed by atoms with Crippen LogP contribution in [0.1, 0.15) is 15.9 Å². The number of nitrogens with zero attached hydrogens (tertiary/aromatic N) is 1. The molecule has 0 spiro atoms. The summed E-state index contributed by atoms with van der Waals surface area (Å²) in [5.74, 6) is -1.03. The van der Waals surface area contributed by atoms with Gasteiger partial charge in [-0.25, -0.2) is 4.39 Å². The van der Waals surface area contributed by atoms with E-state index in [0.29, 0.717) is 10.6 Å². The number of aliphatic hydroxyl groups is 1. The molecule has 122 valence electrons. The molecule has 2 aromatic rings. The van der Waals surface area contributed by atoms with Gasteiger partial charge in [0.05, 0.1) is 6.61 Å². The fourth-order valence-electron chi connectivity index (χ4n) is 2.22. The number of benzene rings is 2. The molecule has 0 atom stereocenters. The Kier molecular flexibility index (Phi) is 5.23. The molecule has 0 radical (unpaired) electrons. The van der Waals surface area contributed by atoms with Crippen LogP contribution in [0.4, 0.5) is 4.39 Å². The summed E-state index contributed by atoms with van der Waals surface area (Å²) in [6, 6.07) is 6.82. The molecule has 0 aliphatic heterocycles. The summed E-state index contributed by atoms with van der Waals surface area (Å²) in [5, 5.41) is 19.4. The Balaban J connectivity index is 2.50. The smallest absolute Gasteiger partial charge is 0.253 e. The third kappa shape index (κ3) is 3.63. The van der Waals surface area contributed by atoms with Crippen LogP contribution in [-0.2, 0) is 0 Å². The molecular formula is C17H17ClFNO3. The van der Waals surface area contributed by atoms with E-state index in [1.807, 2.05) is 0 Å². The maximum atomic E-state index is 14.2. The van der Waals surface area contributed by atoms with Crippen LogP contribution < -0.4 is 0 Å². The van der Waals surface area contributed by atoms with Gasteiger partial charge in [-0.15, -0.1) is 0 Å². The Hall–Kier alpha value is -2.11. The van der Waals surface area contributed by atoms with Gasteiger partial charge in [-0.1, -0.05) is 11.6 Å². The van der Waals surface area contributed by atoms with Gasteiger partial charge in [0.25, 0.3) is 5.91 Å². The predicted molar refractivity (Wildman–Crippen MR) is 87.3 cm³/mol. The highest BCUT2D eigenvalue weighted by atomic mass is 35.5. The van der Waals surface area contributed by atoms with Crippen LogP contribution in [0, 0.1) is 12.7 Å². The zero-order valence-corrected chi connectivity index (χ0v) is 13.6. The molecule has 0 fully saturated rings. The quantitative estimate of drug-likeness (QED) is 0.900. The largest absolute Gasteiger partial charge is 0.507 e. The lowest BCUT2D eigenvalue weighted by molar-refractivity contribution is 0.0767. The van der Waals surface area contributed by atoms with E-state index in [4.69, 9.17) is 16.7 Å². The van der Waals surface area contributed by atoms with Gasteiger partial charge in [-0.2, -0.15) is 0 Å². The highest BCUT2D eigenvalue weighted by Crippen LogP contribution is 2.35. The summed E-state index contributed by atoms with van der Waals surface area (Å²) >= 11 is 6.05. The van der Waals surface area contributed by atoms with Crippen molar-refractivity contribution in [1.82, 2.24) is 4.90 Å². The van der Waals surface area contributed by atoms with E-state index in [-0.39, 0.29) is 41.5 Å². The number of phenolic OH excluding ortho intramolecular Hbond substituents is 1. The second-order valence-corrected chi connectivity index (χ2v) is 5.67. The van der Waals surface area contributed by atoms with E-state index in [0.717, 1.165) is 0 Å². The minimum absolute atomic E-state index is 0.0904. The first-order valence-corrected chi connectivity index (χ1v) is 7.38. The molecule has 2 aromatic carbocycles. The fraction of sp³-hybridized carbons (Fsp3) is 0.235. The van der Waals surface area contributed by atoms with Gasteiger partial charge in [0.1, 0.15) is 11.6 Å². The molecule has 4 nitrogen and oxygen atoms in total.